The molecule has 1 N–H and O–H groups in total. The van der Waals surface area contributed by atoms with Gasteiger partial charge in [-0.25, -0.2) is 4.79 Å². The van der Waals surface area contributed by atoms with Gasteiger partial charge in [-0.3, -0.25) is 14.2 Å². The number of amides is 1. The van der Waals surface area contributed by atoms with Crippen LogP contribution in [0.25, 0.3) is 10.9 Å². The number of carbonyl (C=O) groups excluding carboxylic acids is 2. The highest BCUT2D eigenvalue weighted by Crippen LogP contribution is 2.22. The zero-order valence-corrected chi connectivity index (χ0v) is 17.9. The van der Waals surface area contributed by atoms with Gasteiger partial charge in [-0.05, 0) is 76.1 Å². The molecule has 0 spiro atoms. The van der Waals surface area contributed by atoms with E-state index < -0.39 is 5.97 Å². The maximum absolute atomic E-state index is 12.6. The van der Waals surface area contributed by atoms with Crippen LogP contribution in [-0.4, -0.2) is 22.5 Å². The van der Waals surface area contributed by atoms with Crippen molar-refractivity contribution < 1.29 is 14.3 Å². The quantitative estimate of drug-likeness (QED) is 0.646. The minimum Gasteiger partial charge on any atom is -0.459 e. The van der Waals surface area contributed by atoms with Crippen LogP contribution in [0.4, 0.5) is 5.69 Å². The van der Waals surface area contributed by atoms with Crippen LogP contribution in [0.15, 0.2) is 47.3 Å². The summed E-state index contributed by atoms with van der Waals surface area (Å²) in [5.41, 5.74) is 4.45. The second-order valence-electron chi connectivity index (χ2n) is 7.81. The third-order valence-electron chi connectivity index (χ3n) is 4.79. The van der Waals surface area contributed by atoms with Crippen LogP contribution in [0, 0.1) is 20.8 Å². The largest absolute Gasteiger partial charge is 0.459 e. The molecule has 6 heteroatoms. The number of carbonyl (C=O) groups is 2. The number of pyridine rings is 1. The summed E-state index contributed by atoms with van der Waals surface area (Å²) in [6.07, 6.45) is -0.202. The lowest BCUT2D eigenvalue weighted by Crippen LogP contribution is -2.28. The molecule has 156 valence electrons. The van der Waals surface area contributed by atoms with Gasteiger partial charge in [0.2, 0.25) is 5.91 Å². The first-order valence-corrected chi connectivity index (χ1v) is 9.88. The summed E-state index contributed by atoms with van der Waals surface area (Å²) >= 11 is 0. The van der Waals surface area contributed by atoms with Gasteiger partial charge in [0.15, 0.2) is 0 Å². The van der Waals surface area contributed by atoms with Gasteiger partial charge in [0.25, 0.3) is 5.56 Å². The second kappa shape index (κ2) is 8.53. The van der Waals surface area contributed by atoms with Gasteiger partial charge >= 0.3 is 5.97 Å². The molecular formula is C24H26N2O4. The molecule has 1 amide bonds. The van der Waals surface area contributed by atoms with Crippen molar-refractivity contribution in [1.29, 1.82) is 0 Å². The van der Waals surface area contributed by atoms with Crippen LogP contribution in [0.3, 0.4) is 0 Å². The van der Waals surface area contributed by atoms with E-state index in [4.69, 9.17) is 4.74 Å². The van der Waals surface area contributed by atoms with Crippen molar-refractivity contribution in [3.63, 3.8) is 0 Å². The van der Waals surface area contributed by atoms with Crippen molar-refractivity contribution in [1.82, 2.24) is 4.57 Å². The SMILES string of the molecule is Cc1cc(C)c2c(c1)c(C)cc(=O)n2CC(=O)Nc1ccc(C(=O)OC(C)C)cc1. The van der Waals surface area contributed by atoms with Crippen molar-refractivity contribution in [3.05, 3.63) is 75.1 Å². The summed E-state index contributed by atoms with van der Waals surface area (Å²) in [6.45, 7) is 9.32. The van der Waals surface area contributed by atoms with E-state index in [1.807, 2.05) is 32.9 Å². The first-order valence-electron chi connectivity index (χ1n) is 9.88. The molecule has 3 rings (SSSR count). The number of hydrogen-bond acceptors (Lipinski definition) is 4. The third kappa shape index (κ3) is 4.59. The molecule has 3 aromatic rings. The zero-order valence-electron chi connectivity index (χ0n) is 17.9. The maximum atomic E-state index is 12.6. The van der Waals surface area contributed by atoms with Crippen LogP contribution in [0.5, 0.6) is 0 Å². The summed E-state index contributed by atoms with van der Waals surface area (Å²) in [5, 5.41) is 3.75. The Morgan fingerprint density at radius 1 is 1.00 bits per heavy atom. The van der Waals surface area contributed by atoms with Crippen LogP contribution < -0.4 is 10.9 Å². The number of nitrogens with zero attached hydrogens (tertiary/aromatic N) is 1. The number of rotatable bonds is 5. The first kappa shape index (κ1) is 21.3. The first-order chi connectivity index (χ1) is 14.2. The fraction of sp³-hybridized carbons (Fsp3) is 0.292. The molecule has 0 saturated heterocycles. The predicted molar refractivity (Wildman–Crippen MR) is 118 cm³/mol. The molecule has 0 saturated carbocycles. The molecule has 2 aromatic carbocycles. The Labute approximate surface area is 175 Å². The Morgan fingerprint density at radius 2 is 1.67 bits per heavy atom. The molecule has 0 aliphatic rings. The van der Waals surface area contributed by atoms with Gasteiger partial charge in [-0.2, -0.15) is 0 Å². The number of ether oxygens (including phenoxy) is 1. The third-order valence-corrected chi connectivity index (χ3v) is 4.79. The van der Waals surface area contributed by atoms with Gasteiger partial charge in [0.05, 0.1) is 17.2 Å². The van der Waals surface area contributed by atoms with E-state index in [9.17, 15) is 14.4 Å². The summed E-state index contributed by atoms with van der Waals surface area (Å²) in [4.78, 5) is 37.2. The number of nitrogens with one attached hydrogen (secondary N) is 1. The van der Waals surface area contributed by atoms with E-state index in [1.165, 1.54) is 4.57 Å². The van der Waals surface area contributed by atoms with Crippen LogP contribution in [0.2, 0.25) is 0 Å². The monoisotopic (exact) mass is 406 g/mol. The van der Waals surface area contributed by atoms with Crippen LogP contribution in [0.1, 0.15) is 40.9 Å². The molecule has 1 heterocycles. The molecule has 0 aliphatic heterocycles. The van der Waals surface area contributed by atoms with E-state index in [0.29, 0.717) is 11.3 Å². The summed E-state index contributed by atoms with van der Waals surface area (Å²) in [5.74, 6) is -0.731. The molecule has 1 aromatic heterocycles. The molecule has 30 heavy (non-hydrogen) atoms. The number of aryl methyl sites for hydroxylation is 3. The Balaban J connectivity index is 1.83. The number of hydrogen-bond donors (Lipinski definition) is 1. The fourth-order valence-electron chi connectivity index (χ4n) is 3.54. The normalized spacial score (nSPS) is 11.0. The van der Waals surface area contributed by atoms with Gasteiger partial charge in [0, 0.05) is 17.1 Å². The van der Waals surface area contributed by atoms with E-state index in [1.54, 1.807) is 44.2 Å². The van der Waals surface area contributed by atoms with Gasteiger partial charge < -0.3 is 10.1 Å². The Hall–Kier alpha value is -3.41. The highest BCUT2D eigenvalue weighted by Gasteiger charge is 2.14. The maximum Gasteiger partial charge on any atom is 0.338 e. The topological polar surface area (TPSA) is 77.4 Å². The number of fused-ring (bicyclic) bond motifs is 1. The van der Waals surface area contributed by atoms with E-state index in [-0.39, 0.29) is 24.1 Å². The molecule has 0 fully saturated rings. The molecule has 0 unspecified atom stereocenters. The molecule has 0 atom stereocenters. The minimum atomic E-state index is -0.411. The highest BCUT2D eigenvalue weighted by molar-refractivity contribution is 5.94. The van der Waals surface area contributed by atoms with Crippen molar-refractivity contribution in [3.8, 4) is 0 Å². The molecule has 0 radical (unpaired) electrons. The van der Waals surface area contributed by atoms with Crippen LogP contribution >= 0.6 is 0 Å². The van der Waals surface area contributed by atoms with Gasteiger partial charge in [-0.15, -0.1) is 0 Å². The van der Waals surface area contributed by atoms with Gasteiger partial charge in [-0.1, -0.05) is 11.6 Å². The molecule has 0 bridgehead atoms. The lowest BCUT2D eigenvalue weighted by Gasteiger charge is -2.15. The molecular weight excluding hydrogens is 380 g/mol. The van der Waals surface area contributed by atoms with Crippen LogP contribution in [-0.2, 0) is 16.1 Å². The fourth-order valence-corrected chi connectivity index (χ4v) is 3.54. The minimum absolute atomic E-state index is 0.101. The van der Waals surface area contributed by atoms with E-state index in [0.717, 1.165) is 27.6 Å². The van der Waals surface area contributed by atoms with Crippen molar-refractivity contribution in [2.45, 2.75) is 47.3 Å². The standard InChI is InChI=1S/C24H26N2O4/c1-14(2)30-24(29)18-6-8-19(9-7-18)25-21(27)13-26-22(28)12-16(4)20-11-15(3)10-17(5)23(20)26/h6-12,14H,13H2,1-5H3,(H,25,27). The number of aromatic nitrogens is 1. The summed E-state index contributed by atoms with van der Waals surface area (Å²) in [7, 11) is 0. The average Bonchev–Trinajstić information content (AvgIpc) is 2.65. The van der Waals surface area contributed by atoms with Crippen molar-refractivity contribution in [2.75, 3.05) is 5.32 Å². The number of benzene rings is 2. The smallest absolute Gasteiger partial charge is 0.338 e. The van der Waals surface area contributed by atoms with Gasteiger partial charge in [0.1, 0.15) is 6.54 Å². The predicted octanol–water partition coefficient (Wildman–Crippen LogP) is 4.13. The lowest BCUT2D eigenvalue weighted by atomic mass is 10.0. The Morgan fingerprint density at radius 3 is 2.30 bits per heavy atom. The summed E-state index contributed by atoms with van der Waals surface area (Å²) < 4.78 is 6.66. The van der Waals surface area contributed by atoms with Crippen molar-refractivity contribution in [2.24, 2.45) is 0 Å². The number of esters is 1. The zero-order chi connectivity index (χ0) is 22.0. The molecule has 6 nitrogen and oxygen atoms in total. The highest BCUT2D eigenvalue weighted by atomic mass is 16.5. The second-order valence-corrected chi connectivity index (χ2v) is 7.81. The van der Waals surface area contributed by atoms with E-state index >= 15 is 0 Å². The van der Waals surface area contributed by atoms with Crippen molar-refractivity contribution >= 4 is 28.5 Å². The Kier molecular flexibility index (Phi) is 6.06. The average molecular weight is 406 g/mol. The Bertz CT molecular complexity index is 1170. The van der Waals surface area contributed by atoms with E-state index in [2.05, 4.69) is 5.32 Å². The summed E-state index contributed by atoms with van der Waals surface area (Å²) in [6, 6.07) is 12.1. The molecule has 0 aliphatic carbocycles. The number of anilines is 1. The lowest BCUT2D eigenvalue weighted by molar-refractivity contribution is -0.116.